The third-order valence-electron chi connectivity index (χ3n) is 3.21. The Morgan fingerprint density at radius 1 is 1.40 bits per heavy atom. The number of nitrogens with two attached hydrogens (primary N) is 1. The molecule has 1 unspecified atom stereocenters. The van der Waals surface area contributed by atoms with E-state index in [9.17, 15) is 0 Å². The van der Waals surface area contributed by atoms with Crippen LogP contribution in [-0.2, 0) is 13.5 Å². The maximum Gasteiger partial charge on any atom is 0.0987 e. The van der Waals surface area contributed by atoms with E-state index in [4.69, 9.17) is 5.73 Å². The lowest BCUT2D eigenvalue weighted by atomic mass is 10.1. The van der Waals surface area contributed by atoms with Crippen LogP contribution in [0.25, 0.3) is 0 Å². The Morgan fingerprint density at radius 2 is 2.15 bits per heavy atom. The lowest BCUT2D eigenvalue weighted by molar-refractivity contribution is 0.640. The summed E-state index contributed by atoms with van der Waals surface area (Å²) in [4.78, 5) is 1.24. The standard InChI is InChI=1S/C15H20BrN3S/c1-4-13(17)8-11-5-6-12(16)9-14(11)20-15-7-10(2)18-19(15)3/h5-7,9,13H,4,8,17H2,1-3H3. The highest BCUT2D eigenvalue weighted by Crippen LogP contribution is 2.33. The fraction of sp³-hybridized carbons (Fsp3) is 0.400. The SMILES string of the molecule is CCC(N)Cc1ccc(Br)cc1Sc1cc(C)nn1C. The van der Waals surface area contributed by atoms with Crippen molar-refractivity contribution in [1.82, 2.24) is 9.78 Å². The predicted molar refractivity (Wildman–Crippen MR) is 88.2 cm³/mol. The smallest absolute Gasteiger partial charge is 0.0987 e. The Bertz CT molecular complexity index is 595. The molecular weight excluding hydrogens is 334 g/mol. The van der Waals surface area contributed by atoms with Crippen LogP contribution < -0.4 is 5.73 Å². The van der Waals surface area contributed by atoms with Gasteiger partial charge in [0.1, 0.15) is 0 Å². The number of rotatable bonds is 5. The Balaban J connectivity index is 2.29. The average molecular weight is 354 g/mol. The van der Waals surface area contributed by atoms with E-state index < -0.39 is 0 Å². The van der Waals surface area contributed by atoms with Crippen molar-refractivity contribution in [2.24, 2.45) is 12.8 Å². The van der Waals surface area contributed by atoms with Crippen molar-refractivity contribution in [3.63, 3.8) is 0 Å². The van der Waals surface area contributed by atoms with Crippen molar-refractivity contribution >= 4 is 27.7 Å². The van der Waals surface area contributed by atoms with Crippen LogP contribution in [0.2, 0.25) is 0 Å². The van der Waals surface area contributed by atoms with Crippen LogP contribution in [0.1, 0.15) is 24.6 Å². The molecule has 1 aromatic carbocycles. The minimum absolute atomic E-state index is 0.212. The molecule has 2 aromatic rings. The van der Waals surface area contributed by atoms with Crippen molar-refractivity contribution in [3.05, 3.63) is 40.0 Å². The molecule has 3 nitrogen and oxygen atoms in total. The Hall–Kier alpha value is -0.780. The van der Waals surface area contributed by atoms with E-state index in [0.717, 1.165) is 28.0 Å². The number of benzene rings is 1. The van der Waals surface area contributed by atoms with Gasteiger partial charge in [0.05, 0.1) is 10.7 Å². The number of aromatic nitrogens is 2. The third-order valence-corrected chi connectivity index (χ3v) is 4.89. The number of hydrogen-bond acceptors (Lipinski definition) is 3. The molecule has 0 amide bonds. The first-order chi connectivity index (χ1) is 9.49. The lowest BCUT2D eigenvalue weighted by Crippen LogP contribution is -2.21. The second-order valence-electron chi connectivity index (χ2n) is 4.97. The van der Waals surface area contributed by atoms with Gasteiger partial charge in [0.15, 0.2) is 0 Å². The minimum Gasteiger partial charge on any atom is -0.327 e. The molecule has 0 bridgehead atoms. The molecule has 20 heavy (non-hydrogen) atoms. The second kappa shape index (κ2) is 6.78. The summed E-state index contributed by atoms with van der Waals surface area (Å²) in [7, 11) is 1.98. The van der Waals surface area contributed by atoms with Gasteiger partial charge in [-0.15, -0.1) is 0 Å². The molecular formula is C15H20BrN3S. The molecule has 0 saturated carbocycles. The van der Waals surface area contributed by atoms with Crippen LogP contribution >= 0.6 is 27.7 Å². The molecule has 1 atom stereocenters. The molecule has 0 saturated heterocycles. The summed E-state index contributed by atoms with van der Waals surface area (Å²) in [5, 5.41) is 5.54. The molecule has 0 fully saturated rings. The van der Waals surface area contributed by atoms with Crippen LogP contribution in [-0.4, -0.2) is 15.8 Å². The third kappa shape index (κ3) is 3.87. The molecule has 5 heteroatoms. The Kier molecular flexibility index (Phi) is 5.29. The van der Waals surface area contributed by atoms with Crippen LogP contribution in [0.15, 0.2) is 38.7 Å². The lowest BCUT2D eigenvalue weighted by Gasteiger charge is -2.13. The molecule has 2 rings (SSSR count). The Labute approximate surface area is 133 Å². The van der Waals surface area contributed by atoms with E-state index >= 15 is 0 Å². The quantitative estimate of drug-likeness (QED) is 0.885. The van der Waals surface area contributed by atoms with E-state index in [-0.39, 0.29) is 6.04 Å². The highest BCUT2D eigenvalue weighted by atomic mass is 79.9. The van der Waals surface area contributed by atoms with Crippen molar-refractivity contribution in [2.75, 3.05) is 0 Å². The fourth-order valence-corrected chi connectivity index (χ4v) is 3.62. The zero-order chi connectivity index (χ0) is 14.7. The van der Waals surface area contributed by atoms with Crippen molar-refractivity contribution < 1.29 is 0 Å². The minimum atomic E-state index is 0.212. The average Bonchev–Trinajstić information content (AvgIpc) is 2.71. The van der Waals surface area contributed by atoms with Crippen molar-refractivity contribution in [1.29, 1.82) is 0 Å². The van der Waals surface area contributed by atoms with Crippen molar-refractivity contribution in [3.8, 4) is 0 Å². The van der Waals surface area contributed by atoms with Crippen molar-refractivity contribution in [2.45, 2.75) is 42.7 Å². The Morgan fingerprint density at radius 3 is 2.75 bits per heavy atom. The fourth-order valence-electron chi connectivity index (χ4n) is 2.01. The summed E-state index contributed by atoms with van der Waals surface area (Å²) in [5.41, 5.74) is 8.44. The number of aryl methyl sites for hydroxylation is 2. The van der Waals surface area contributed by atoms with E-state index in [1.807, 2.05) is 18.7 Å². The van der Waals surface area contributed by atoms with Crippen LogP contribution in [0, 0.1) is 6.92 Å². The van der Waals surface area contributed by atoms with Gasteiger partial charge in [-0.05, 0) is 43.5 Å². The summed E-state index contributed by atoms with van der Waals surface area (Å²) in [6.07, 6.45) is 1.90. The first-order valence-electron chi connectivity index (χ1n) is 6.72. The van der Waals surface area contributed by atoms with Gasteiger partial charge in [-0.25, -0.2) is 0 Å². The van der Waals surface area contributed by atoms with Crippen LogP contribution in [0.3, 0.4) is 0 Å². The summed E-state index contributed by atoms with van der Waals surface area (Å²) >= 11 is 5.29. The number of nitrogens with zero attached hydrogens (tertiary/aromatic N) is 2. The van der Waals surface area contributed by atoms with E-state index in [0.29, 0.717) is 0 Å². The molecule has 0 spiro atoms. The maximum absolute atomic E-state index is 6.10. The van der Waals surface area contributed by atoms with Gasteiger partial charge in [-0.1, -0.05) is 40.7 Å². The van der Waals surface area contributed by atoms with E-state index in [1.165, 1.54) is 10.5 Å². The molecule has 2 N–H and O–H groups in total. The molecule has 1 heterocycles. The number of halogens is 1. The largest absolute Gasteiger partial charge is 0.327 e. The molecule has 0 aliphatic heterocycles. The van der Waals surface area contributed by atoms with E-state index in [2.05, 4.69) is 52.2 Å². The first kappa shape index (κ1) is 15.6. The van der Waals surface area contributed by atoms with Crippen LogP contribution in [0.5, 0.6) is 0 Å². The maximum atomic E-state index is 6.10. The van der Waals surface area contributed by atoms with Crippen LogP contribution in [0.4, 0.5) is 0 Å². The zero-order valence-electron chi connectivity index (χ0n) is 12.1. The van der Waals surface area contributed by atoms with Gasteiger partial charge < -0.3 is 5.73 Å². The highest BCUT2D eigenvalue weighted by Gasteiger charge is 2.11. The normalized spacial score (nSPS) is 12.7. The molecule has 0 aliphatic rings. The summed E-state index contributed by atoms with van der Waals surface area (Å²) in [6.45, 7) is 4.14. The summed E-state index contributed by atoms with van der Waals surface area (Å²) < 4.78 is 3.01. The molecule has 0 radical (unpaired) electrons. The van der Waals surface area contributed by atoms with Gasteiger partial charge in [0.25, 0.3) is 0 Å². The topological polar surface area (TPSA) is 43.8 Å². The summed E-state index contributed by atoms with van der Waals surface area (Å²) in [5.74, 6) is 0. The second-order valence-corrected chi connectivity index (χ2v) is 6.95. The van der Waals surface area contributed by atoms with E-state index in [1.54, 1.807) is 11.8 Å². The van der Waals surface area contributed by atoms with Gasteiger partial charge >= 0.3 is 0 Å². The monoisotopic (exact) mass is 353 g/mol. The van der Waals surface area contributed by atoms with Gasteiger partial charge in [0, 0.05) is 22.5 Å². The highest BCUT2D eigenvalue weighted by molar-refractivity contribution is 9.10. The van der Waals surface area contributed by atoms with Gasteiger partial charge in [0.2, 0.25) is 0 Å². The summed E-state index contributed by atoms with van der Waals surface area (Å²) in [6, 6.07) is 8.71. The first-order valence-corrected chi connectivity index (χ1v) is 8.33. The molecule has 0 aliphatic carbocycles. The zero-order valence-corrected chi connectivity index (χ0v) is 14.5. The number of hydrogen-bond donors (Lipinski definition) is 1. The molecule has 1 aromatic heterocycles. The van der Waals surface area contributed by atoms with Gasteiger partial charge in [-0.2, -0.15) is 5.10 Å². The van der Waals surface area contributed by atoms with Gasteiger partial charge in [-0.3, -0.25) is 4.68 Å². The molecule has 108 valence electrons. The predicted octanol–water partition coefficient (Wildman–Crippen LogP) is 3.92.